The third kappa shape index (κ3) is 1.85. The van der Waals surface area contributed by atoms with Gasteiger partial charge in [-0.05, 0) is 13.0 Å². The monoisotopic (exact) mass is 259 g/mol. The zero-order chi connectivity index (χ0) is 14.2. The van der Waals surface area contributed by atoms with Crippen LogP contribution in [0.3, 0.4) is 0 Å². The van der Waals surface area contributed by atoms with Gasteiger partial charge in [0, 0.05) is 25.5 Å². The van der Waals surface area contributed by atoms with Gasteiger partial charge in [-0.15, -0.1) is 0 Å². The Bertz CT molecular complexity index is 666. The average Bonchev–Trinajstić information content (AvgIpc) is 2.67. The molecule has 0 aliphatic rings. The van der Waals surface area contributed by atoms with E-state index in [0.717, 1.165) is 16.6 Å². The molecule has 5 heteroatoms. The highest BCUT2D eigenvalue weighted by atomic mass is 16.5. The summed E-state index contributed by atoms with van der Waals surface area (Å²) in [7, 11) is 7.06. The van der Waals surface area contributed by atoms with E-state index in [9.17, 15) is 5.26 Å². The van der Waals surface area contributed by atoms with E-state index in [1.54, 1.807) is 14.2 Å². The first-order valence-electron chi connectivity index (χ1n) is 5.89. The Morgan fingerprint density at radius 3 is 2.21 bits per heavy atom. The summed E-state index contributed by atoms with van der Waals surface area (Å²) in [6.45, 7) is 1.93. The van der Waals surface area contributed by atoms with Crippen LogP contribution in [0.25, 0.3) is 10.9 Å². The van der Waals surface area contributed by atoms with Crippen molar-refractivity contribution in [1.29, 1.82) is 5.26 Å². The van der Waals surface area contributed by atoms with Crippen LogP contribution >= 0.6 is 0 Å². The van der Waals surface area contributed by atoms with Crippen molar-refractivity contribution in [1.82, 2.24) is 4.68 Å². The Kier molecular flexibility index (Phi) is 3.26. The first-order valence-corrected chi connectivity index (χ1v) is 5.89. The van der Waals surface area contributed by atoms with Crippen LogP contribution < -0.4 is 14.5 Å². The second-order valence-electron chi connectivity index (χ2n) is 4.46. The highest BCUT2D eigenvalue weighted by Crippen LogP contribution is 2.35. The van der Waals surface area contributed by atoms with Gasteiger partial charge < -0.3 is 14.5 Å². The number of hydrogen-bond acceptors (Lipinski definition) is 4. The summed E-state index contributed by atoms with van der Waals surface area (Å²) < 4.78 is 12.6. The van der Waals surface area contributed by atoms with Gasteiger partial charge in [0.1, 0.15) is 6.07 Å². The number of nitriles is 1. The summed E-state index contributed by atoms with van der Waals surface area (Å²) in [5, 5.41) is 12.1. The zero-order valence-electron chi connectivity index (χ0n) is 11.8. The molecule has 0 unspecified atom stereocenters. The first-order chi connectivity index (χ1) is 9.04. The zero-order valence-corrected chi connectivity index (χ0v) is 11.8. The lowest BCUT2D eigenvalue weighted by atomic mass is 10.1. The molecule has 0 atom stereocenters. The molecule has 1 heterocycles. The maximum absolute atomic E-state index is 9.35. The van der Waals surface area contributed by atoms with Crippen molar-refractivity contribution in [2.75, 3.05) is 33.3 Å². The minimum Gasteiger partial charge on any atom is -0.493 e. The van der Waals surface area contributed by atoms with Gasteiger partial charge >= 0.3 is 0 Å². The quantitative estimate of drug-likeness (QED) is 0.846. The molecule has 0 radical (unpaired) electrons. The van der Waals surface area contributed by atoms with Crippen LogP contribution in [0.1, 0.15) is 11.3 Å². The molecule has 1 aromatic heterocycles. The second kappa shape index (κ2) is 4.73. The van der Waals surface area contributed by atoms with Gasteiger partial charge in [0.25, 0.3) is 0 Å². The van der Waals surface area contributed by atoms with Crippen molar-refractivity contribution in [2.24, 2.45) is 0 Å². The van der Waals surface area contributed by atoms with Crippen LogP contribution in [-0.4, -0.2) is 33.0 Å². The van der Waals surface area contributed by atoms with Crippen LogP contribution in [0.15, 0.2) is 12.1 Å². The fourth-order valence-corrected chi connectivity index (χ4v) is 2.38. The molecule has 5 nitrogen and oxygen atoms in total. The van der Waals surface area contributed by atoms with Crippen molar-refractivity contribution in [3.05, 3.63) is 23.4 Å². The summed E-state index contributed by atoms with van der Waals surface area (Å²) in [5.41, 5.74) is 2.49. The number of benzene rings is 1. The third-order valence-corrected chi connectivity index (χ3v) is 3.19. The van der Waals surface area contributed by atoms with E-state index in [4.69, 9.17) is 9.47 Å². The molecule has 2 rings (SSSR count). The van der Waals surface area contributed by atoms with Crippen LogP contribution in [0.2, 0.25) is 0 Å². The topological polar surface area (TPSA) is 50.4 Å². The molecule has 1 aromatic carbocycles. The molecule has 0 saturated heterocycles. The smallest absolute Gasteiger partial charge is 0.162 e. The van der Waals surface area contributed by atoms with E-state index in [-0.39, 0.29) is 0 Å². The van der Waals surface area contributed by atoms with Crippen molar-refractivity contribution in [3.63, 3.8) is 0 Å². The average molecular weight is 259 g/mol. The maximum atomic E-state index is 9.35. The Labute approximate surface area is 112 Å². The van der Waals surface area contributed by atoms with E-state index < -0.39 is 0 Å². The molecule has 0 N–H and O–H groups in total. The molecule has 19 heavy (non-hydrogen) atoms. The number of methoxy groups -OCH3 is 2. The molecule has 0 saturated carbocycles. The minimum atomic E-state index is 0.627. The Morgan fingerprint density at radius 1 is 1.16 bits per heavy atom. The van der Waals surface area contributed by atoms with Crippen molar-refractivity contribution in [3.8, 4) is 17.6 Å². The fraction of sp³-hybridized carbons (Fsp3) is 0.357. The molecule has 0 fully saturated rings. The molecule has 0 aliphatic heterocycles. The van der Waals surface area contributed by atoms with Gasteiger partial charge in [0.05, 0.1) is 31.0 Å². The molecule has 2 aromatic rings. The minimum absolute atomic E-state index is 0.627. The number of hydrogen-bond donors (Lipinski definition) is 0. The highest BCUT2D eigenvalue weighted by Gasteiger charge is 2.18. The van der Waals surface area contributed by atoms with Crippen molar-refractivity contribution >= 4 is 10.9 Å². The van der Waals surface area contributed by atoms with Crippen LogP contribution in [0, 0.1) is 18.3 Å². The van der Waals surface area contributed by atoms with Crippen LogP contribution in [0.5, 0.6) is 11.5 Å². The van der Waals surface area contributed by atoms with E-state index in [1.165, 1.54) is 0 Å². The number of aromatic nitrogens is 1. The van der Waals surface area contributed by atoms with Crippen molar-refractivity contribution < 1.29 is 9.47 Å². The Balaban J connectivity index is 2.91. The predicted octanol–water partition coefficient (Wildman–Crippen LogP) is 2.04. The van der Waals surface area contributed by atoms with Crippen molar-refractivity contribution in [2.45, 2.75) is 6.92 Å². The number of fused-ring (bicyclic) bond motifs is 1. The van der Waals surface area contributed by atoms with E-state index in [1.807, 2.05) is 42.8 Å². The lowest BCUT2D eigenvalue weighted by Gasteiger charge is -2.18. The molecule has 0 spiro atoms. The largest absolute Gasteiger partial charge is 0.493 e. The number of nitrogens with zero attached hydrogens (tertiary/aromatic N) is 3. The van der Waals surface area contributed by atoms with Gasteiger partial charge in [-0.2, -0.15) is 5.26 Å². The first kappa shape index (κ1) is 13.1. The van der Waals surface area contributed by atoms with Gasteiger partial charge in [0.15, 0.2) is 11.5 Å². The fourth-order valence-electron chi connectivity index (χ4n) is 2.38. The van der Waals surface area contributed by atoms with E-state index in [2.05, 4.69) is 6.07 Å². The molecular formula is C14H17N3O2. The second-order valence-corrected chi connectivity index (χ2v) is 4.46. The van der Waals surface area contributed by atoms with Crippen LogP contribution in [-0.2, 0) is 0 Å². The molecule has 100 valence electrons. The molecular weight excluding hydrogens is 242 g/mol. The summed E-state index contributed by atoms with van der Waals surface area (Å²) in [4.78, 5) is 0. The SMILES string of the molecule is COc1cc2c(C#N)c(C)n(N(C)C)c2cc1OC. The molecule has 0 amide bonds. The summed E-state index contributed by atoms with van der Waals surface area (Å²) in [5.74, 6) is 1.28. The maximum Gasteiger partial charge on any atom is 0.162 e. The lowest BCUT2D eigenvalue weighted by Crippen LogP contribution is -2.25. The molecule has 0 bridgehead atoms. The highest BCUT2D eigenvalue weighted by molar-refractivity contribution is 5.91. The van der Waals surface area contributed by atoms with Gasteiger partial charge in [-0.1, -0.05) is 0 Å². The molecule has 0 aliphatic carbocycles. The van der Waals surface area contributed by atoms with E-state index in [0.29, 0.717) is 17.1 Å². The van der Waals surface area contributed by atoms with E-state index >= 15 is 0 Å². The van der Waals surface area contributed by atoms with Gasteiger partial charge in [-0.3, -0.25) is 4.68 Å². The Hall–Kier alpha value is -2.35. The number of ether oxygens (including phenoxy) is 2. The standard InChI is InChI=1S/C14H17N3O2/c1-9-11(8-15)10-6-13(18-4)14(19-5)7-12(10)17(9)16(2)3/h6-7H,1-5H3. The predicted molar refractivity (Wildman–Crippen MR) is 74.6 cm³/mol. The van der Waals surface area contributed by atoms with Gasteiger partial charge in [0.2, 0.25) is 0 Å². The summed E-state index contributed by atoms with van der Waals surface area (Å²) >= 11 is 0. The summed E-state index contributed by atoms with van der Waals surface area (Å²) in [6.07, 6.45) is 0. The number of rotatable bonds is 3. The third-order valence-electron chi connectivity index (χ3n) is 3.19. The van der Waals surface area contributed by atoms with Crippen LogP contribution in [0.4, 0.5) is 0 Å². The van der Waals surface area contributed by atoms with Gasteiger partial charge in [-0.25, -0.2) is 0 Å². The summed E-state index contributed by atoms with van der Waals surface area (Å²) in [6, 6.07) is 6.00. The lowest BCUT2D eigenvalue weighted by molar-refractivity contribution is 0.355. The Morgan fingerprint density at radius 2 is 1.74 bits per heavy atom. The normalized spacial score (nSPS) is 10.3.